The molecule has 4 aromatic rings. The van der Waals surface area contributed by atoms with E-state index < -0.39 is 22.8 Å². The van der Waals surface area contributed by atoms with E-state index in [0.29, 0.717) is 101 Å². The summed E-state index contributed by atoms with van der Waals surface area (Å²) in [6, 6.07) is 11.2. The average molecular weight is 1030 g/mol. The van der Waals surface area contributed by atoms with Crippen molar-refractivity contribution in [3.05, 3.63) is 94.1 Å². The molecule has 0 N–H and O–H groups in total. The Bertz CT molecular complexity index is 2380. The summed E-state index contributed by atoms with van der Waals surface area (Å²) in [5.74, 6) is 5.27. The summed E-state index contributed by atoms with van der Waals surface area (Å²) in [6.45, 7) is 46.6. The molecule has 0 aliphatic rings. The van der Waals surface area contributed by atoms with E-state index in [-0.39, 0.29) is 22.6 Å². The molecule has 408 valence electrons. The Morgan fingerprint density at radius 2 is 0.608 bits per heavy atom. The number of hydrogen-bond acceptors (Lipinski definition) is 14. The maximum atomic E-state index is 12.3. The zero-order valence-electron chi connectivity index (χ0n) is 47.7. The van der Waals surface area contributed by atoms with Crippen LogP contribution in [0, 0.1) is 13.8 Å². The van der Waals surface area contributed by atoms with Crippen molar-refractivity contribution in [2.45, 2.75) is 135 Å². The molecule has 4 rings (SSSR count). The fourth-order valence-corrected chi connectivity index (χ4v) is 8.21. The third kappa shape index (κ3) is 14.3. The van der Waals surface area contributed by atoms with E-state index in [1.54, 1.807) is 26.0 Å². The van der Waals surface area contributed by atoms with Gasteiger partial charge in [-0.3, -0.25) is 0 Å². The number of benzene rings is 4. The topological polar surface area (TPSA) is 145 Å². The number of carbonyl (C=O) groups is 2. The summed E-state index contributed by atoms with van der Waals surface area (Å²) in [7, 11) is 0. The number of esters is 2. The number of ether oxygens (including phenoxy) is 12. The van der Waals surface area contributed by atoms with Crippen LogP contribution in [0.4, 0.5) is 0 Å². The first-order valence-electron chi connectivity index (χ1n) is 25.9. The van der Waals surface area contributed by atoms with E-state index in [4.69, 9.17) is 56.8 Å². The summed E-state index contributed by atoms with van der Waals surface area (Å²) >= 11 is 0. The van der Waals surface area contributed by atoms with Crippen LogP contribution in [0.15, 0.2) is 60.7 Å². The van der Waals surface area contributed by atoms with Gasteiger partial charge < -0.3 is 56.8 Å². The summed E-state index contributed by atoms with van der Waals surface area (Å²) in [5.41, 5.74) is 4.50. The van der Waals surface area contributed by atoms with Crippen molar-refractivity contribution in [3.8, 4) is 69.0 Å². The highest BCUT2D eigenvalue weighted by atomic mass is 16.6. The minimum absolute atomic E-state index is 0.231. The van der Waals surface area contributed by atoms with E-state index >= 15 is 0 Å². The molecule has 0 unspecified atom stereocenters. The van der Waals surface area contributed by atoms with Gasteiger partial charge >= 0.3 is 11.9 Å². The normalized spacial score (nSPS) is 11.1. The molecule has 0 fully saturated rings. The minimum Gasteiger partial charge on any atom is -0.493 e. The van der Waals surface area contributed by atoms with Crippen LogP contribution < -0.4 is 56.8 Å². The molecule has 14 nitrogen and oxygen atoms in total. The van der Waals surface area contributed by atoms with E-state index in [9.17, 15) is 9.59 Å². The predicted molar refractivity (Wildman–Crippen MR) is 292 cm³/mol. The fraction of sp³-hybridized carbons (Fsp3) is 0.500. The highest BCUT2D eigenvalue weighted by molar-refractivity contribution is 5.90. The van der Waals surface area contributed by atoms with Crippen molar-refractivity contribution in [1.29, 1.82) is 0 Å². The molecule has 4 aromatic carbocycles. The third-order valence-electron chi connectivity index (χ3n) is 11.7. The van der Waals surface area contributed by atoms with Crippen LogP contribution in [0.2, 0.25) is 0 Å². The van der Waals surface area contributed by atoms with Crippen molar-refractivity contribution in [2.75, 3.05) is 66.1 Å². The van der Waals surface area contributed by atoms with Gasteiger partial charge in [-0.25, -0.2) is 9.59 Å². The Morgan fingerprint density at radius 3 is 0.878 bits per heavy atom. The molecule has 0 heterocycles. The van der Waals surface area contributed by atoms with Crippen LogP contribution in [0.1, 0.15) is 144 Å². The molecule has 0 aliphatic carbocycles. The Balaban J connectivity index is 0.000000393. The lowest BCUT2D eigenvalue weighted by Gasteiger charge is -2.33. The third-order valence-corrected chi connectivity index (χ3v) is 11.7. The van der Waals surface area contributed by atoms with Gasteiger partial charge in [0, 0.05) is 55.4 Å². The van der Waals surface area contributed by atoms with Crippen molar-refractivity contribution in [3.63, 3.8) is 0 Å². The number of hydrogen-bond donors (Lipinski definition) is 0. The molecule has 0 saturated heterocycles. The van der Waals surface area contributed by atoms with Crippen molar-refractivity contribution >= 4 is 11.9 Å². The van der Waals surface area contributed by atoms with Gasteiger partial charge in [-0.05, 0) is 121 Å². The number of rotatable bonds is 28. The van der Waals surface area contributed by atoms with Crippen LogP contribution in [-0.4, -0.2) is 78.0 Å². The van der Waals surface area contributed by atoms with Crippen molar-refractivity contribution in [1.82, 2.24) is 0 Å². The van der Waals surface area contributed by atoms with Gasteiger partial charge in [0.2, 0.25) is 11.5 Å². The monoisotopic (exact) mass is 1030 g/mol. The highest BCUT2D eigenvalue weighted by Gasteiger charge is 2.38. The van der Waals surface area contributed by atoms with Crippen LogP contribution in [0.3, 0.4) is 0 Å². The van der Waals surface area contributed by atoms with Crippen molar-refractivity contribution in [2.24, 2.45) is 0 Å². The van der Waals surface area contributed by atoms with E-state index in [2.05, 4.69) is 39.1 Å². The first-order valence-corrected chi connectivity index (χ1v) is 25.9. The van der Waals surface area contributed by atoms with Gasteiger partial charge in [0.1, 0.15) is 11.5 Å². The standard InChI is InChI=1S/C31H40O8.C29H44O6/c1-11-34-25-21(15-17-23(27(25)36-13-3)38-29(32)19(5)6)31(9,10)22-16-18-24(39-30(33)20(7)8)28(37-14-4)26(22)35-12-2;1-11-30-23-17-21(27(34-15-5)25(19(23)7)32-13-3)29(9,10)22-18-24(31-12-2)20(8)26(33-14-4)28(22)35-16-6/h15-18H,5,7,11-14H2,1-4,6,8-10H3;17-18H,11-16H2,1-10H3. The molecule has 0 saturated carbocycles. The van der Waals surface area contributed by atoms with Gasteiger partial charge in [-0.1, -0.05) is 53.0 Å². The van der Waals surface area contributed by atoms with Crippen LogP contribution >= 0.6 is 0 Å². The first-order chi connectivity index (χ1) is 35.2. The first kappa shape index (κ1) is 61.6. The lowest BCUT2D eigenvalue weighted by Crippen LogP contribution is -2.23. The quantitative estimate of drug-likeness (QED) is 0.0302. The average Bonchev–Trinajstić information content (AvgIpc) is 3.35. The maximum absolute atomic E-state index is 12.3. The predicted octanol–water partition coefficient (Wildman–Crippen LogP) is 13.6. The van der Waals surface area contributed by atoms with Gasteiger partial charge in [0.25, 0.3) is 0 Å². The molecule has 0 aliphatic heterocycles. The van der Waals surface area contributed by atoms with Crippen molar-refractivity contribution < 1.29 is 66.4 Å². The fourth-order valence-electron chi connectivity index (χ4n) is 8.21. The molecule has 74 heavy (non-hydrogen) atoms. The molecule has 0 aromatic heterocycles. The zero-order valence-corrected chi connectivity index (χ0v) is 47.7. The van der Waals surface area contributed by atoms with E-state index in [1.807, 2.05) is 109 Å². The molecule has 0 radical (unpaired) electrons. The summed E-state index contributed by atoms with van der Waals surface area (Å²) in [6.07, 6.45) is 0. The summed E-state index contributed by atoms with van der Waals surface area (Å²) < 4.78 is 72.0. The molecule has 14 heteroatoms. The minimum atomic E-state index is -0.736. The van der Waals surface area contributed by atoms with Crippen LogP contribution in [0.5, 0.6) is 69.0 Å². The Kier molecular flexibility index (Phi) is 23.9. The molecule has 0 amide bonds. The second-order valence-corrected chi connectivity index (χ2v) is 17.9. The number of carbonyl (C=O) groups excluding carboxylic acids is 2. The van der Waals surface area contributed by atoms with Gasteiger partial charge in [-0.2, -0.15) is 0 Å². The molecular formula is C60H84O14. The maximum Gasteiger partial charge on any atom is 0.338 e. The molecular weight excluding hydrogens is 945 g/mol. The highest BCUT2D eigenvalue weighted by Crippen LogP contribution is 2.54. The lowest BCUT2D eigenvalue weighted by atomic mass is 9.76. The Labute approximate surface area is 441 Å². The Hall–Kier alpha value is -6.70. The second-order valence-electron chi connectivity index (χ2n) is 17.9. The van der Waals surface area contributed by atoms with E-state index in [0.717, 1.165) is 56.4 Å². The summed E-state index contributed by atoms with van der Waals surface area (Å²) in [4.78, 5) is 24.6. The smallest absolute Gasteiger partial charge is 0.338 e. The van der Waals surface area contributed by atoms with Gasteiger partial charge in [0.05, 0.1) is 66.1 Å². The summed E-state index contributed by atoms with van der Waals surface area (Å²) in [5, 5.41) is 0. The second kappa shape index (κ2) is 28.7. The van der Waals surface area contributed by atoms with Crippen LogP contribution in [0.25, 0.3) is 0 Å². The Morgan fingerprint density at radius 1 is 0.365 bits per heavy atom. The lowest BCUT2D eigenvalue weighted by molar-refractivity contribution is -0.131. The molecule has 0 bridgehead atoms. The van der Waals surface area contributed by atoms with Gasteiger partial charge in [0.15, 0.2) is 46.0 Å². The van der Waals surface area contributed by atoms with Gasteiger partial charge in [-0.15, -0.1) is 0 Å². The van der Waals surface area contributed by atoms with Crippen LogP contribution in [-0.2, 0) is 20.4 Å². The molecule has 0 spiro atoms. The zero-order chi connectivity index (χ0) is 55.5. The largest absolute Gasteiger partial charge is 0.493 e. The molecule has 0 atom stereocenters. The van der Waals surface area contributed by atoms with E-state index in [1.165, 1.54) is 0 Å². The SMILES string of the molecule is C=C(C)C(=O)Oc1ccc(C(C)(C)c2ccc(OC(=O)C(=C)C)c(OCC)c2OCC)c(OCC)c1OCC.CCOc1cc(C(C)(C)c2cc(OCC)c(C)c(OCC)c2OCC)c(OCC)c(OCC)c1C.